The Labute approximate surface area is 173 Å². The lowest BCUT2D eigenvalue weighted by Gasteiger charge is -2.38. The molecule has 2 amide bonds. The monoisotopic (exact) mass is 404 g/mol. The average molecular weight is 405 g/mol. The molecular weight excluding hydrogens is 371 g/mol. The summed E-state index contributed by atoms with van der Waals surface area (Å²) in [5.74, 6) is 0.960. The predicted octanol–water partition coefficient (Wildman–Crippen LogP) is 1.56. The lowest BCUT2D eigenvalue weighted by molar-refractivity contribution is -0.135. The topological polar surface area (TPSA) is 55.9 Å². The third kappa shape index (κ3) is 6.51. The number of carbonyl (C=O) groups is 2. The van der Waals surface area contributed by atoms with E-state index in [1.54, 1.807) is 18.2 Å². The van der Waals surface area contributed by atoms with Crippen LogP contribution in [-0.2, 0) is 16.1 Å². The van der Waals surface area contributed by atoms with Gasteiger partial charge in [-0.25, -0.2) is 4.39 Å². The molecule has 2 atom stereocenters. The summed E-state index contributed by atoms with van der Waals surface area (Å²) in [6, 6.07) is 6.47. The third-order valence-corrected chi connectivity index (χ3v) is 5.85. The van der Waals surface area contributed by atoms with E-state index in [9.17, 15) is 14.0 Å². The highest BCUT2D eigenvalue weighted by Gasteiger charge is 2.27. The zero-order chi connectivity index (χ0) is 20.8. The number of rotatable bonds is 6. The number of halogens is 1. The van der Waals surface area contributed by atoms with Crippen molar-refractivity contribution in [2.45, 2.75) is 26.8 Å². The summed E-state index contributed by atoms with van der Waals surface area (Å²) in [5, 5.41) is 2.79. The van der Waals surface area contributed by atoms with Gasteiger partial charge in [0.05, 0.1) is 13.1 Å². The Kier molecular flexibility index (Phi) is 7.61. The van der Waals surface area contributed by atoms with Crippen LogP contribution in [0.3, 0.4) is 0 Å². The van der Waals surface area contributed by atoms with Gasteiger partial charge in [-0.1, -0.05) is 32.0 Å². The van der Waals surface area contributed by atoms with Crippen molar-refractivity contribution in [1.29, 1.82) is 0 Å². The summed E-state index contributed by atoms with van der Waals surface area (Å²) in [7, 11) is 0. The standard InChI is InChI=1S/C22H33FN4O2/c1-17-11-18(2)14-27(13-17)22(29)16-26-9-7-25(8-10-26)15-21(28)24-12-19-5-3-4-6-20(19)23/h3-6,17-18H,7-16H2,1-2H3,(H,24,28)/t17-,18-/m0/s1. The quantitative estimate of drug-likeness (QED) is 0.782. The number of amides is 2. The number of piperazine rings is 1. The smallest absolute Gasteiger partial charge is 0.236 e. The average Bonchev–Trinajstić information content (AvgIpc) is 2.68. The van der Waals surface area contributed by atoms with Crippen molar-refractivity contribution >= 4 is 11.8 Å². The van der Waals surface area contributed by atoms with Crippen molar-refractivity contribution in [1.82, 2.24) is 20.0 Å². The highest BCUT2D eigenvalue weighted by molar-refractivity contribution is 5.79. The SMILES string of the molecule is C[C@H]1C[C@H](C)CN(C(=O)CN2CCN(CC(=O)NCc3ccccc3F)CC2)C1. The molecule has 0 bridgehead atoms. The summed E-state index contributed by atoms with van der Waals surface area (Å²) in [5.41, 5.74) is 0.491. The van der Waals surface area contributed by atoms with Gasteiger partial charge in [0.25, 0.3) is 0 Å². The molecule has 1 aromatic carbocycles. The number of nitrogens with one attached hydrogen (secondary N) is 1. The van der Waals surface area contributed by atoms with Gasteiger partial charge >= 0.3 is 0 Å². The van der Waals surface area contributed by atoms with E-state index in [1.165, 1.54) is 12.5 Å². The minimum Gasteiger partial charge on any atom is -0.351 e. The number of nitrogens with zero attached hydrogens (tertiary/aromatic N) is 3. The molecule has 7 heteroatoms. The second-order valence-electron chi connectivity index (χ2n) is 8.67. The van der Waals surface area contributed by atoms with Gasteiger partial charge in [-0.15, -0.1) is 0 Å². The summed E-state index contributed by atoms with van der Waals surface area (Å²) in [6.45, 7) is 10.2. The molecule has 2 heterocycles. The van der Waals surface area contributed by atoms with Crippen LogP contribution in [0.5, 0.6) is 0 Å². The molecule has 2 fully saturated rings. The Hall–Kier alpha value is -1.99. The fourth-order valence-corrected chi connectivity index (χ4v) is 4.36. The van der Waals surface area contributed by atoms with Gasteiger partial charge in [0.15, 0.2) is 0 Å². The van der Waals surface area contributed by atoms with Crippen molar-refractivity contribution in [3.8, 4) is 0 Å². The molecule has 1 N–H and O–H groups in total. The maximum atomic E-state index is 13.6. The van der Waals surface area contributed by atoms with Gasteiger partial charge in [0.1, 0.15) is 5.82 Å². The van der Waals surface area contributed by atoms with Crippen LogP contribution in [0.15, 0.2) is 24.3 Å². The highest BCUT2D eigenvalue weighted by Crippen LogP contribution is 2.21. The Bertz CT molecular complexity index is 696. The summed E-state index contributed by atoms with van der Waals surface area (Å²) in [4.78, 5) is 31.1. The van der Waals surface area contributed by atoms with Gasteiger partial charge in [0.2, 0.25) is 11.8 Å². The number of hydrogen-bond donors (Lipinski definition) is 1. The van der Waals surface area contributed by atoms with E-state index in [0.29, 0.717) is 30.5 Å². The third-order valence-electron chi connectivity index (χ3n) is 5.85. The van der Waals surface area contributed by atoms with Crippen LogP contribution in [-0.4, -0.2) is 78.9 Å². The maximum absolute atomic E-state index is 13.6. The summed E-state index contributed by atoms with van der Waals surface area (Å²) < 4.78 is 13.6. The molecule has 2 aliphatic heterocycles. The molecule has 1 aromatic rings. The normalized spacial score (nSPS) is 23.8. The molecule has 0 unspecified atom stereocenters. The van der Waals surface area contributed by atoms with Gasteiger partial charge in [-0.2, -0.15) is 0 Å². The van der Waals surface area contributed by atoms with Crippen LogP contribution < -0.4 is 5.32 Å². The summed E-state index contributed by atoms with van der Waals surface area (Å²) in [6.07, 6.45) is 1.20. The van der Waals surface area contributed by atoms with Gasteiger partial charge in [-0.05, 0) is 24.3 Å². The Morgan fingerprint density at radius 2 is 1.59 bits per heavy atom. The van der Waals surface area contributed by atoms with E-state index in [-0.39, 0.29) is 24.2 Å². The molecule has 29 heavy (non-hydrogen) atoms. The van der Waals surface area contributed by atoms with E-state index >= 15 is 0 Å². The molecule has 2 aliphatic rings. The number of carbonyl (C=O) groups excluding carboxylic acids is 2. The van der Waals surface area contributed by atoms with Crippen LogP contribution in [0.25, 0.3) is 0 Å². The van der Waals surface area contributed by atoms with Crippen molar-refractivity contribution in [2.24, 2.45) is 11.8 Å². The number of hydrogen-bond acceptors (Lipinski definition) is 4. The fourth-order valence-electron chi connectivity index (χ4n) is 4.36. The van der Waals surface area contributed by atoms with Crippen molar-refractivity contribution in [3.05, 3.63) is 35.6 Å². The molecule has 3 rings (SSSR count). The predicted molar refractivity (Wildman–Crippen MR) is 111 cm³/mol. The molecule has 0 saturated carbocycles. The second kappa shape index (κ2) is 10.2. The lowest BCUT2D eigenvalue weighted by atomic mass is 9.92. The number of piperidine rings is 1. The largest absolute Gasteiger partial charge is 0.351 e. The second-order valence-corrected chi connectivity index (χ2v) is 8.67. The number of likely N-dealkylation sites (tertiary alicyclic amines) is 1. The zero-order valence-electron chi connectivity index (χ0n) is 17.6. The van der Waals surface area contributed by atoms with Crippen LogP contribution in [0.1, 0.15) is 25.8 Å². The molecule has 0 radical (unpaired) electrons. The first-order valence-corrected chi connectivity index (χ1v) is 10.6. The van der Waals surface area contributed by atoms with Gasteiger partial charge in [0, 0.05) is 51.4 Å². The van der Waals surface area contributed by atoms with Gasteiger partial charge < -0.3 is 10.2 Å². The lowest BCUT2D eigenvalue weighted by Crippen LogP contribution is -2.53. The first kappa shape index (κ1) is 21.7. The van der Waals surface area contributed by atoms with Crippen molar-refractivity contribution in [3.63, 3.8) is 0 Å². The molecule has 6 nitrogen and oxygen atoms in total. The zero-order valence-corrected chi connectivity index (χ0v) is 17.6. The molecule has 0 spiro atoms. The van der Waals surface area contributed by atoms with Crippen LogP contribution in [0.2, 0.25) is 0 Å². The molecular formula is C22H33FN4O2. The van der Waals surface area contributed by atoms with Crippen LogP contribution >= 0.6 is 0 Å². The minimum absolute atomic E-state index is 0.103. The minimum atomic E-state index is -0.302. The van der Waals surface area contributed by atoms with E-state index in [1.807, 2.05) is 4.90 Å². The Balaban J connectivity index is 1.36. The van der Waals surface area contributed by atoms with Crippen LogP contribution in [0, 0.1) is 17.7 Å². The maximum Gasteiger partial charge on any atom is 0.236 e. The molecule has 0 aromatic heterocycles. The number of benzene rings is 1. The highest BCUT2D eigenvalue weighted by atomic mass is 19.1. The van der Waals surface area contributed by atoms with E-state index in [0.717, 1.165) is 39.3 Å². The van der Waals surface area contributed by atoms with E-state index in [4.69, 9.17) is 0 Å². The molecule has 160 valence electrons. The van der Waals surface area contributed by atoms with E-state index < -0.39 is 0 Å². The van der Waals surface area contributed by atoms with Gasteiger partial charge in [-0.3, -0.25) is 19.4 Å². The Morgan fingerprint density at radius 1 is 1.00 bits per heavy atom. The van der Waals surface area contributed by atoms with Crippen LogP contribution in [0.4, 0.5) is 4.39 Å². The fraction of sp³-hybridized carbons (Fsp3) is 0.636. The van der Waals surface area contributed by atoms with Crippen molar-refractivity contribution in [2.75, 3.05) is 52.4 Å². The molecule has 2 saturated heterocycles. The molecule has 0 aliphatic carbocycles. The van der Waals surface area contributed by atoms with Crippen molar-refractivity contribution < 1.29 is 14.0 Å². The first-order valence-electron chi connectivity index (χ1n) is 10.6. The van der Waals surface area contributed by atoms with E-state index in [2.05, 4.69) is 29.0 Å². The first-order chi connectivity index (χ1) is 13.9. The summed E-state index contributed by atoms with van der Waals surface area (Å²) >= 11 is 0. The Morgan fingerprint density at radius 3 is 2.21 bits per heavy atom.